The molecule has 14 nitrogen and oxygen atoms in total. The first-order chi connectivity index (χ1) is 31.0. The van der Waals surface area contributed by atoms with Gasteiger partial charge in [0.15, 0.2) is 11.6 Å². The minimum atomic E-state index is -0.987. The Bertz CT molecular complexity index is 1930. The predicted octanol–water partition coefficient (Wildman–Crippen LogP) is 7.60. The molecule has 2 saturated heterocycles. The summed E-state index contributed by atoms with van der Waals surface area (Å²) in [6.45, 7) is 19.2. The van der Waals surface area contributed by atoms with Crippen LogP contribution < -0.4 is 16.0 Å². The molecule has 1 spiro atoms. The van der Waals surface area contributed by atoms with Crippen LogP contribution in [0.3, 0.4) is 0 Å². The molecule has 2 aromatic rings. The number of ketones is 2. The predicted molar refractivity (Wildman–Crippen MR) is 254 cm³/mol. The molecule has 5 amide bonds. The molecule has 0 saturated carbocycles. The second kappa shape index (κ2) is 24.5. The molecule has 0 aliphatic carbocycles. The van der Waals surface area contributed by atoms with Gasteiger partial charge < -0.3 is 35.2 Å². The molecule has 0 unspecified atom stereocenters. The molecule has 2 aliphatic heterocycles. The van der Waals surface area contributed by atoms with Gasteiger partial charge >= 0.3 is 12.2 Å². The van der Waals surface area contributed by atoms with E-state index >= 15 is 0 Å². The molecule has 4 atom stereocenters. The lowest BCUT2D eigenvalue weighted by Crippen LogP contribution is -2.62. The summed E-state index contributed by atoms with van der Waals surface area (Å²) in [7, 11) is 0. The molecule has 2 heterocycles. The van der Waals surface area contributed by atoms with Gasteiger partial charge in [-0.1, -0.05) is 87.9 Å². The Kier molecular flexibility index (Phi) is 19.8. The molecule has 0 radical (unpaired) electrons. The number of nitrogens with zero attached hydrogens (tertiary/aromatic N) is 2. The molecule has 14 heteroatoms. The van der Waals surface area contributed by atoms with Crippen molar-refractivity contribution in [3.05, 3.63) is 71.8 Å². The van der Waals surface area contributed by atoms with Crippen molar-refractivity contribution >= 4 is 41.5 Å². The third-order valence-corrected chi connectivity index (χ3v) is 12.2. The molecule has 4 rings (SSSR count). The largest absolute Gasteiger partial charge is 0.444 e. The van der Waals surface area contributed by atoms with Crippen molar-refractivity contribution < 1.29 is 43.0 Å². The van der Waals surface area contributed by atoms with Gasteiger partial charge in [-0.3, -0.25) is 24.0 Å². The van der Waals surface area contributed by atoms with E-state index in [4.69, 9.17) is 9.47 Å². The molecule has 2 aliphatic rings. The number of ether oxygens (including phenoxy) is 2. The van der Waals surface area contributed by atoms with Crippen LogP contribution in [0.25, 0.3) is 0 Å². The van der Waals surface area contributed by atoms with Gasteiger partial charge in [0.25, 0.3) is 0 Å². The topological polar surface area (TPSA) is 181 Å². The van der Waals surface area contributed by atoms with E-state index in [1.165, 1.54) is 0 Å². The summed E-state index contributed by atoms with van der Waals surface area (Å²) in [5, 5.41) is 8.57. The zero-order valence-electron chi connectivity index (χ0n) is 41.0. The van der Waals surface area contributed by atoms with Gasteiger partial charge in [0.1, 0.15) is 11.2 Å². The van der Waals surface area contributed by atoms with E-state index < -0.39 is 53.2 Å². The molecule has 2 fully saturated rings. The van der Waals surface area contributed by atoms with Gasteiger partial charge in [0.2, 0.25) is 17.7 Å². The maximum Gasteiger partial charge on any atom is 0.408 e. The Morgan fingerprint density at radius 1 is 0.667 bits per heavy atom. The van der Waals surface area contributed by atoms with Crippen molar-refractivity contribution in [2.24, 2.45) is 23.2 Å². The number of alkyl carbamates (subject to hydrolysis) is 2. The van der Waals surface area contributed by atoms with Crippen molar-refractivity contribution in [1.29, 1.82) is 0 Å². The zero-order valence-corrected chi connectivity index (χ0v) is 41.0. The Morgan fingerprint density at radius 2 is 1.20 bits per heavy atom. The van der Waals surface area contributed by atoms with Crippen LogP contribution in [0.2, 0.25) is 0 Å². The van der Waals surface area contributed by atoms with E-state index in [1.54, 1.807) is 41.5 Å². The standard InChI is InChI=1S/C52H77N5O9/c1-10-45(60)57-34-52(35-57)24-27-56(28-25-52)47(62)39(23-17-18-26-53-48(63)65-50(4,5)6)32-43(58)41(29-36(2)3)54-46(61)40(30-37-19-13-11-14-20-37)33-44(59)42(31-38-21-15-12-16-22-38)55-49(64)66-51(7,8)9/h11-16,19-22,36,39-42H,10,17-18,23-35H2,1-9H3,(H,53,63)(H,54,61)(H,55,64)/t39-,40-,41+,42+/m0/s1. The van der Waals surface area contributed by atoms with Crippen molar-refractivity contribution in [3.63, 3.8) is 0 Å². The molecule has 3 N–H and O–H groups in total. The lowest BCUT2D eigenvalue weighted by Gasteiger charge is -2.54. The number of unbranched alkanes of at least 4 members (excludes halogenated alkanes) is 1. The number of piperidine rings is 1. The van der Waals surface area contributed by atoms with Crippen LogP contribution in [0.5, 0.6) is 0 Å². The van der Waals surface area contributed by atoms with Gasteiger partial charge in [-0.15, -0.1) is 0 Å². The number of benzene rings is 2. The molecular formula is C52H77N5O9. The van der Waals surface area contributed by atoms with Crippen LogP contribution in [0.15, 0.2) is 60.7 Å². The van der Waals surface area contributed by atoms with E-state index in [-0.39, 0.29) is 60.4 Å². The van der Waals surface area contributed by atoms with Crippen LogP contribution in [-0.2, 0) is 46.3 Å². The number of likely N-dealkylation sites (tertiary alicyclic amines) is 2. The van der Waals surface area contributed by atoms with E-state index in [9.17, 15) is 33.6 Å². The SMILES string of the molecule is CCC(=O)N1CC2(CCN(C(=O)[C@@H](CCCCNC(=O)OC(C)(C)C)CC(=O)[C@@H](CC(C)C)NC(=O)[C@H](CC(=O)[C@@H](Cc3ccccc3)NC(=O)OC(C)(C)C)Cc3ccccc3)CC2)C1. The summed E-state index contributed by atoms with van der Waals surface area (Å²) < 4.78 is 10.9. The summed E-state index contributed by atoms with van der Waals surface area (Å²) in [6.07, 6.45) is 2.73. The number of nitrogens with one attached hydrogen (secondary N) is 3. The summed E-state index contributed by atoms with van der Waals surface area (Å²) in [4.78, 5) is 99.1. The highest BCUT2D eigenvalue weighted by Crippen LogP contribution is 2.41. The third-order valence-electron chi connectivity index (χ3n) is 12.2. The van der Waals surface area contributed by atoms with Crippen molar-refractivity contribution in [3.8, 4) is 0 Å². The highest BCUT2D eigenvalue weighted by Gasteiger charge is 2.47. The highest BCUT2D eigenvalue weighted by atomic mass is 16.6. The first-order valence-corrected chi connectivity index (χ1v) is 24.0. The van der Waals surface area contributed by atoms with Gasteiger partial charge in [0.05, 0.1) is 12.1 Å². The smallest absolute Gasteiger partial charge is 0.408 e. The van der Waals surface area contributed by atoms with Gasteiger partial charge in [0, 0.05) is 69.2 Å². The van der Waals surface area contributed by atoms with Crippen LogP contribution in [0, 0.1) is 23.2 Å². The molecule has 66 heavy (non-hydrogen) atoms. The zero-order chi connectivity index (χ0) is 48.7. The minimum Gasteiger partial charge on any atom is -0.444 e. The summed E-state index contributed by atoms with van der Waals surface area (Å²) >= 11 is 0. The number of hydrogen-bond donors (Lipinski definition) is 3. The van der Waals surface area contributed by atoms with Gasteiger partial charge in [-0.05, 0) is 104 Å². The summed E-state index contributed by atoms with van der Waals surface area (Å²) in [5.74, 6) is -2.57. The highest BCUT2D eigenvalue weighted by molar-refractivity contribution is 5.95. The van der Waals surface area contributed by atoms with Crippen LogP contribution in [0.4, 0.5) is 9.59 Å². The van der Waals surface area contributed by atoms with Gasteiger partial charge in [-0.2, -0.15) is 0 Å². The van der Waals surface area contributed by atoms with Crippen molar-refractivity contribution in [2.75, 3.05) is 32.7 Å². The maximum atomic E-state index is 14.5. The first kappa shape index (κ1) is 53.3. The summed E-state index contributed by atoms with van der Waals surface area (Å²) in [6, 6.07) is 16.8. The van der Waals surface area contributed by atoms with E-state index in [0.29, 0.717) is 64.8 Å². The van der Waals surface area contributed by atoms with E-state index in [2.05, 4.69) is 16.0 Å². The normalized spacial score (nSPS) is 16.6. The van der Waals surface area contributed by atoms with Crippen LogP contribution >= 0.6 is 0 Å². The van der Waals surface area contributed by atoms with Crippen LogP contribution in [-0.4, -0.2) is 107 Å². The fourth-order valence-electron chi connectivity index (χ4n) is 8.78. The molecule has 0 bridgehead atoms. The second-order valence-electron chi connectivity index (χ2n) is 20.9. The van der Waals surface area contributed by atoms with Crippen LogP contribution in [0.1, 0.15) is 131 Å². The number of amides is 5. The monoisotopic (exact) mass is 916 g/mol. The number of hydrogen-bond acceptors (Lipinski definition) is 9. The van der Waals surface area contributed by atoms with Crippen molar-refractivity contribution in [2.45, 2.75) is 156 Å². The molecule has 0 aromatic heterocycles. The van der Waals surface area contributed by atoms with E-state index in [1.807, 2.05) is 91.2 Å². The third kappa shape index (κ3) is 17.8. The quantitative estimate of drug-likeness (QED) is 0.100. The average Bonchev–Trinajstić information content (AvgIpc) is 3.23. The molecule has 364 valence electrons. The fourth-order valence-corrected chi connectivity index (χ4v) is 8.78. The number of Topliss-reactive ketones (excluding diaryl/α,β-unsaturated/α-hetero) is 2. The molecule has 2 aromatic carbocycles. The maximum absolute atomic E-state index is 14.5. The molecular weight excluding hydrogens is 839 g/mol. The lowest BCUT2D eigenvalue weighted by molar-refractivity contribution is -0.151. The minimum absolute atomic E-state index is 0.00901. The van der Waals surface area contributed by atoms with Crippen molar-refractivity contribution in [1.82, 2.24) is 25.8 Å². The second-order valence-corrected chi connectivity index (χ2v) is 20.9. The summed E-state index contributed by atoms with van der Waals surface area (Å²) in [5.41, 5.74) is 0.230. The first-order valence-electron chi connectivity index (χ1n) is 24.0. The van der Waals surface area contributed by atoms with E-state index in [0.717, 1.165) is 24.0 Å². The Balaban J connectivity index is 1.53. The average molecular weight is 916 g/mol. The number of rotatable bonds is 22. The Labute approximate surface area is 393 Å². The lowest BCUT2D eigenvalue weighted by atomic mass is 9.71. The Hall–Kier alpha value is -5.27. The van der Waals surface area contributed by atoms with Gasteiger partial charge in [-0.25, -0.2) is 9.59 Å². The Morgan fingerprint density at radius 3 is 1.74 bits per heavy atom. The number of carbonyl (C=O) groups excluding carboxylic acids is 7. The number of carbonyl (C=O) groups is 7. The fraction of sp³-hybridized carbons (Fsp3) is 0.635.